The van der Waals surface area contributed by atoms with E-state index in [9.17, 15) is 15.0 Å². The van der Waals surface area contributed by atoms with Gasteiger partial charge in [0.2, 0.25) is 0 Å². The number of carbonyl (C=O) groups is 1. The number of ether oxygens (including phenoxy) is 1. The van der Waals surface area contributed by atoms with Gasteiger partial charge in [0, 0.05) is 6.08 Å². The molecule has 1 aromatic rings. The normalized spacial score (nSPS) is 11.1. The van der Waals surface area contributed by atoms with E-state index in [2.05, 4.69) is 6.92 Å². The van der Waals surface area contributed by atoms with Crippen LogP contribution in [0.3, 0.4) is 0 Å². The number of hydrogen-bond acceptors (Lipinski definition) is 4. The van der Waals surface area contributed by atoms with Crippen molar-refractivity contribution >= 4 is 12.0 Å². The van der Waals surface area contributed by atoms with Crippen molar-refractivity contribution in [3.05, 3.63) is 29.8 Å². The molecule has 4 heteroatoms. The molecule has 0 radical (unpaired) electrons. The fourth-order valence-electron chi connectivity index (χ4n) is 2.97. The van der Waals surface area contributed by atoms with Crippen molar-refractivity contribution in [2.75, 3.05) is 6.61 Å². The molecule has 2 N–H and O–H groups in total. The van der Waals surface area contributed by atoms with Crippen molar-refractivity contribution in [1.82, 2.24) is 0 Å². The highest BCUT2D eigenvalue weighted by atomic mass is 16.5. The molecule has 1 aromatic carbocycles. The smallest absolute Gasteiger partial charge is 0.330 e. The molecule has 152 valence electrons. The number of phenols is 2. The molecule has 0 unspecified atom stereocenters. The third kappa shape index (κ3) is 12.1. The minimum Gasteiger partial charge on any atom is -0.504 e. The second-order valence-corrected chi connectivity index (χ2v) is 7.14. The molecule has 0 aliphatic carbocycles. The molecule has 27 heavy (non-hydrogen) atoms. The van der Waals surface area contributed by atoms with Gasteiger partial charge in [0.1, 0.15) is 0 Å². The second kappa shape index (κ2) is 15.1. The van der Waals surface area contributed by atoms with Crippen molar-refractivity contribution in [3.63, 3.8) is 0 Å². The van der Waals surface area contributed by atoms with Crippen LogP contribution in [0.25, 0.3) is 6.08 Å². The number of unbranched alkanes of at least 4 members (excludes halogenated alkanes) is 11. The van der Waals surface area contributed by atoms with Crippen LogP contribution in [0.4, 0.5) is 0 Å². The number of esters is 1. The number of rotatable bonds is 15. The van der Waals surface area contributed by atoms with Gasteiger partial charge in [-0.25, -0.2) is 4.79 Å². The Morgan fingerprint density at radius 1 is 0.852 bits per heavy atom. The van der Waals surface area contributed by atoms with E-state index in [1.54, 1.807) is 12.1 Å². The molecule has 0 atom stereocenters. The van der Waals surface area contributed by atoms with Crippen LogP contribution in [-0.2, 0) is 9.53 Å². The fourth-order valence-corrected chi connectivity index (χ4v) is 2.97. The summed E-state index contributed by atoms with van der Waals surface area (Å²) in [6.07, 6.45) is 18.3. The molecule has 0 spiro atoms. The zero-order valence-corrected chi connectivity index (χ0v) is 16.8. The molecule has 4 nitrogen and oxygen atoms in total. The Balaban J connectivity index is 1.95. The molecule has 1 rings (SSSR count). The van der Waals surface area contributed by atoms with Gasteiger partial charge in [0.15, 0.2) is 11.5 Å². The average molecular weight is 377 g/mol. The zero-order chi connectivity index (χ0) is 19.7. The number of carbonyl (C=O) groups excluding carboxylic acids is 1. The van der Waals surface area contributed by atoms with Gasteiger partial charge in [0.25, 0.3) is 0 Å². The minimum atomic E-state index is -0.384. The molecule has 0 aromatic heterocycles. The maximum Gasteiger partial charge on any atom is 0.330 e. The first kappa shape index (κ1) is 23.1. The Bertz CT molecular complexity index is 551. The Kier molecular flexibility index (Phi) is 12.9. The first-order chi connectivity index (χ1) is 13.1. The van der Waals surface area contributed by atoms with E-state index >= 15 is 0 Å². The molecule has 0 aliphatic rings. The Morgan fingerprint density at radius 2 is 1.41 bits per heavy atom. The predicted octanol–water partition coefficient (Wildman–Crippen LogP) is 6.36. The second-order valence-electron chi connectivity index (χ2n) is 7.14. The monoisotopic (exact) mass is 376 g/mol. The topological polar surface area (TPSA) is 66.8 Å². The Labute approximate surface area is 164 Å². The van der Waals surface area contributed by atoms with E-state index in [1.807, 2.05) is 0 Å². The summed E-state index contributed by atoms with van der Waals surface area (Å²) < 4.78 is 5.17. The van der Waals surface area contributed by atoms with Crippen molar-refractivity contribution in [3.8, 4) is 11.5 Å². The lowest BCUT2D eigenvalue weighted by Gasteiger charge is -2.04. The van der Waals surface area contributed by atoms with E-state index in [0.717, 1.165) is 12.8 Å². The van der Waals surface area contributed by atoms with Gasteiger partial charge in [-0.2, -0.15) is 0 Å². The summed E-state index contributed by atoms with van der Waals surface area (Å²) in [4.78, 5) is 11.6. The predicted molar refractivity (Wildman–Crippen MR) is 111 cm³/mol. The molecule has 0 saturated carbocycles. The van der Waals surface area contributed by atoms with Crippen LogP contribution < -0.4 is 0 Å². The highest BCUT2D eigenvalue weighted by molar-refractivity contribution is 5.87. The van der Waals surface area contributed by atoms with Crippen LogP contribution in [0.2, 0.25) is 0 Å². The van der Waals surface area contributed by atoms with E-state index in [1.165, 1.54) is 82.4 Å². The summed E-state index contributed by atoms with van der Waals surface area (Å²) in [5.74, 6) is -0.769. The van der Waals surface area contributed by atoms with E-state index < -0.39 is 0 Å². The van der Waals surface area contributed by atoms with Gasteiger partial charge in [-0.1, -0.05) is 83.6 Å². The quantitative estimate of drug-likeness (QED) is 0.162. The van der Waals surface area contributed by atoms with Crippen molar-refractivity contribution in [1.29, 1.82) is 0 Å². The highest BCUT2D eigenvalue weighted by Gasteiger charge is 2.00. The summed E-state index contributed by atoms with van der Waals surface area (Å²) in [6, 6.07) is 4.39. The van der Waals surface area contributed by atoms with E-state index in [0.29, 0.717) is 12.2 Å². The largest absolute Gasteiger partial charge is 0.504 e. The average Bonchev–Trinajstić information content (AvgIpc) is 2.66. The minimum absolute atomic E-state index is 0.179. The van der Waals surface area contributed by atoms with Crippen LogP contribution in [0.1, 0.15) is 89.5 Å². The maximum atomic E-state index is 11.6. The lowest BCUT2D eigenvalue weighted by Crippen LogP contribution is -2.02. The number of phenolic OH excluding ortho intramolecular Hbond substituents is 2. The standard InChI is InChI=1S/C23H36O4/c1-2-3-4-5-6-7-8-9-10-11-12-13-18-27-23(26)17-15-20-14-16-21(24)22(25)19-20/h14-17,19,24-25H,2-13,18H2,1H3/b17-15+. The van der Waals surface area contributed by atoms with Gasteiger partial charge in [-0.05, 0) is 30.2 Å². The summed E-state index contributed by atoms with van der Waals surface area (Å²) in [7, 11) is 0. The fraction of sp³-hybridized carbons (Fsp3) is 0.609. The molecule has 0 heterocycles. The molecular weight excluding hydrogens is 340 g/mol. The molecule has 0 bridgehead atoms. The first-order valence-electron chi connectivity index (χ1n) is 10.5. The van der Waals surface area contributed by atoms with Crippen molar-refractivity contribution in [2.24, 2.45) is 0 Å². The third-order valence-electron chi connectivity index (χ3n) is 4.65. The van der Waals surface area contributed by atoms with Crippen LogP contribution in [0, 0.1) is 0 Å². The third-order valence-corrected chi connectivity index (χ3v) is 4.65. The van der Waals surface area contributed by atoms with Gasteiger partial charge in [-0.3, -0.25) is 0 Å². The van der Waals surface area contributed by atoms with Crippen molar-refractivity contribution < 1.29 is 19.7 Å². The van der Waals surface area contributed by atoms with E-state index in [-0.39, 0.29) is 17.5 Å². The maximum absolute atomic E-state index is 11.6. The highest BCUT2D eigenvalue weighted by Crippen LogP contribution is 2.25. The van der Waals surface area contributed by atoms with Crippen molar-refractivity contribution in [2.45, 2.75) is 84.0 Å². The molecule has 0 fully saturated rings. The molecular formula is C23H36O4. The van der Waals surface area contributed by atoms with Gasteiger partial charge in [0.05, 0.1) is 6.61 Å². The van der Waals surface area contributed by atoms with Crippen LogP contribution in [-0.4, -0.2) is 22.8 Å². The number of hydrogen-bond donors (Lipinski definition) is 2. The number of benzene rings is 1. The Hall–Kier alpha value is -1.97. The van der Waals surface area contributed by atoms with Crippen LogP contribution in [0.15, 0.2) is 24.3 Å². The lowest BCUT2D eigenvalue weighted by atomic mass is 10.1. The molecule has 0 amide bonds. The SMILES string of the molecule is CCCCCCCCCCCCCCOC(=O)/C=C/c1ccc(O)c(O)c1. The summed E-state index contributed by atoms with van der Waals surface area (Å²) in [6.45, 7) is 2.70. The lowest BCUT2D eigenvalue weighted by molar-refractivity contribution is -0.137. The van der Waals surface area contributed by atoms with E-state index in [4.69, 9.17) is 4.74 Å². The Morgan fingerprint density at radius 3 is 1.96 bits per heavy atom. The van der Waals surface area contributed by atoms with Gasteiger partial charge in [-0.15, -0.1) is 0 Å². The summed E-state index contributed by atoms with van der Waals surface area (Å²) >= 11 is 0. The molecule has 0 aliphatic heterocycles. The number of aromatic hydroxyl groups is 2. The molecule has 0 saturated heterocycles. The zero-order valence-electron chi connectivity index (χ0n) is 16.8. The van der Waals surface area contributed by atoms with Gasteiger partial charge < -0.3 is 14.9 Å². The summed E-state index contributed by atoms with van der Waals surface area (Å²) in [5, 5.41) is 18.6. The first-order valence-corrected chi connectivity index (χ1v) is 10.5. The van der Waals surface area contributed by atoms with Crippen LogP contribution in [0.5, 0.6) is 11.5 Å². The van der Waals surface area contributed by atoms with Crippen LogP contribution >= 0.6 is 0 Å². The summed E-state index contributed by atoms with van der Waals surface area (Å²) in [5.41, 5.74) is 0.632. The van der Waals surface area contributed by atoms with Gasteiger partial charge >= 0.3 is 5.97 Å².